The standard InChI is InChI=1S/C16H14ClN5OS/c1-8-15(11-3-9(11)6-18)22-14(23)5-10(20-16(22)24-8)4-13-12(17)7-19-21(13)2/h5,7,9,11H,3-4H2,1-2H3. The molecule has 4 rings (SSSR count). The number of hydrogen-bond acceptors (Lipinski definition) is 5. The highest BCUT2D eigenvalue weighted by atomic mass is 35.5. The molecule has 122 valence electrons. The fraction of sp³-hybridized carbons (Fsp3) is 0.375. The van der Waals surface area contributed by atoms with Gasteiger partial charge in [-0.2, -0.15) is 10.4 Å². The van der Waals surface area contributed by atoms with Crippen molar-refractivity contribution in [2.45, 2.75) is 25.7 Å². The van der Waals surface area contributed by atoms with Gasteiger partial charge in [-0.3, -0.25) is 13.9 Å². The average molecular weight is 360 g/mol. The van der Waals surface area contributed by atoms with Gasteiger partial charge in [-0.25, -0.2) is 4.98 Å². The topological polar surface area (TPSA) is 76.0 Å². The molecule has 0 saturated heterocycles. The number of thiazole rings is 1. The Morgan fingerprint density at radius 1 is 1.54 bits per heavy atom. The summed E-state index contributed by atoms with van der Waals surface area (Å²) in [6.45, 7) is 1.98. The number of rotatable bonds is 3. The van der Waals surface area contributed by atoms with E-state index in [0.29, 0.717) is 22.1 Å². The first-order chi connectivity index (χ1) is 11.5. The van der Waals surface area contributed by atoms with Gasteiger partial charge < -0.3 is 0 Å². The predicted molar refractivity (Wildman–Crippen MR) is 91.6 cm³/mol. The highest BCUT2D eigenvalue weighted by Crippen LogP contribution is 2.48. The molecule has 3 heterocycles. The summed E-state index contributed by atoms with van der Waals surface area (Å²) in [5, 5.41) is 13.8. The van der Waals surface area contributed by atoms with Crippen LogP contribution in [0.1, 0.15) is 34.3 Å². The minimum Gasteiger partial charge on any atom is -0.271 e. The van der Waals surface area contributed by atoms with Crippen LogP contribution in [-0.4, -0.2) is 19.2 Å². The quantitative estimate of drug-likeness (QED) is 0.720. The Morgan fingerprint density at radius 3 is 2.96 bits per heavy atom. The lowest BCUT2D eigenvalue weighted by Gasteiger charge is -2.04. The minimum atomic E-state index is -0.101. The highest BCUT2D eigenvalue weighted by molar-refractivity contribution is 7.17. The Kier molecular flexibility index (Phi) is 3.48. The highest BCUT2D eigenvalue weighted by Gasteiger charge is 2.42. The van der Waals surface area contributed by atoms with Crippen LogP contribution in [0.3, 0.4) is 0 Å². The van der Waals surface area contributed by atoms with Crippen LogP contribution in [0.5, 0.6) is 0 Å². The van der Waals surface area contributed by atoms with Crippen molar-refractivity contribution in [2.24, 2.45) is 13.0 Å². The molecule has 2 atom stereocenters. The first-order valence-electron chi connectivity index (χ1n) is 7.57. The van der Waals surface area contributed by atoms with Crippen molar-refractivity contribution in [3.8, 4) is 6.07 Å². The molecule has 1 saturated carbocycles. The van der Waals surface area contributed by atoms with Crippen molar-refractivity contribution in [2.75, 3.05) is 0 Å². The largest absolute Gasteiger partial charge is 0.271 e. The normalized spacial score (nSPS) is 19.6. The molecule has 8 heteroatoms. The molecule has 0 radical (unpaired) electrons. The monoisotopic (exact) mass is 359 g/mol. The third-order valence-electron chi connectivity index (χ3n) is 4.45. The van der Waals surface area contributed by atoms with Gasteiger partial charge in [-0.1, -0.05) is 11.6 Å². The third kappa shape index (κ3) is 2.34. The zero-order valence-electron chi connectivity index (χ0n) is 13.2. The molecule has 1 aliphatic rings. The van der Waals surface area contributed by atoms with Crippen molar-refractivity contribution < 1.29 is 0 Å². The number of aromatic nitrogens is 4. The second kappa shape index (κ2) is 5.43. The fourth-order valence-electron chi connectivity index (χ4n) is 3.11. The zero-order valence-corrected chi connectivity index (χ0v) is 14.7. The number of nitrogens with zero attached hydrogens (tertiary/aromatic N) is 5. The summed E-state index contributed by atoms with van der Waals surface area (Å²) in [6, 6.07) is 3.84. The second-order valence-corrected chi connectivity index (χ2v) is 7.65. The van der Waals surface area contributed by atoms with E-state index < -0.39 is 0 Å². The minimum absolute atomic E-state index is 0.0151. The van der Waals surface area contributed by atoms with Crippen LogP contribution in [0.4, 0.5) is 0 Å². The summed E-state index contributed by atoms with van der Waals surface area (Å²) in [5.41, 5.74) is 2.35. The maximum atomic E-state index is 12.7. The van der Waals surface area contributed by atoms with Gasteiger partial charge in [-0.05, 0) is 13.3 Å². The van der Waals surface area contributed by atoms with Crippen LogP contribution in [0, 0.1) is 24.2 Å². The van der Waals surface area contributed by atoms with Crippen LogP contribution in [0.15, 0.2) is 17.1 Å². The average Bonchev–Trinajstić information content (AvgIpc) is 3.15. The lowest BCUT2D eigenvalue weighted by atomic mass is 10.2. The van der Waals surface area contributed by atoms with E-state index in [1.165, 1.54) is 11.3 Å². The molecule has 0 spiro atoms. The molecule has 0 N–H and O–H groups in total. The molecular weight excluding hydrogens is 346 g/mol. The lowest BCUT2D eigenvalue weighted by Crippen LogP contribution is -2.17. The summed E-state index contributed by atoms with van der Waals surface area (Å²) in [5.74, 6) is 0.168. The molecule has 0 bridgehead atoms. The Bertz CT molecular complexity index is 1040. The molecule has 0 aliphatic heterocycles. The number of hydrogen-bond donors (Lipinski definition) is 0. The van der Waals surface area contributed by atoms with Crippen LogP contribution < -0.4 is 5.56 Å². The zero-order chi connectivity index (χ0) is 17.0. The summed E-state index contributed by atoms with van der Waals surface area (Å²) in [6.07, 6.45) is 2.87. The molecule has 3 aromatic rings. The summed E-state index contributed by atoms with van der Waals surface area (Å²) in [4.78, 5) is 19.0. The van der Waals surface area contributed by atoms with E-state index in [2.05, 4.69) is 16.2 Å². The van der Waals surface area contributed by atoms with Crippen molar-refractivity contribution in [1.82, 2.24) is 19.2 Å². The number of halogens is 1. The molecule has 0 amide bonds. The molecule has 24 heavy (non-hydrogen) atoms. The van der Waals surface area contributed by atoms with Gasteiger partial charge in [0.1, 0.15) is 0 Å². The Hall–Kier alpha value is -2.17. The van der Waals surface area contributed by atoms with E-state index in [1.54, 1.807) is 21.3 Å². The summed E-state index contributed by atoms with van der Waals surface area (Å²) >= 11 is 7.64. The van der Waals surface area contributed by atoms with E-state index in [-0.39, 0.29) is 17.4 Å². The molecule has 3 aromatic heterocycles. The molecule has 1 fully saturated rings. The van der Waals surface area contributed by atoms with Gasteiger partial charge in [0.05, 0.1) is 34.6 Å². The Morgan fingerprint density at radius 2 is 2.33 bits per heavy atom. The predicted octanol–water partition coefficient (Wildman–Crippen LogP) is 2.67. The Labute approximate surface area is 146 Å². The lowest BCUT2D eigenvalue weighted by molar-refractivity contribution is 0.720. The first kappa shape index (κ1) is 15.4. The van der Waals surface area contributed by atoms with Crippen LogP contribution >= 0.6 is 22.9 Å². The van der Waals surface area contributed by atoms with Gasteiger partial charge in [0.25, 0.3) is 5.56 Å². The van der Waals surface area contributed by atoms with Gasteiger partial charge in [0, 0.05) is 36.0 Å². The molecular formula is C16H14ClN5OS. The van der Waals surface area contributed by atoms with Gasteiger partial charge in [0.15, 0.2) is 4.96 Å². The van der Waals surface area contributed by atoms with E-state index in [4.69, 9.17) is 16.9 Å². The van der Waals surface area contributed by atoms with Gasteiger partial charge >= 0.3 is 0 Å². The second-order valence-electron chi connectivity index (χ2n) is 6.06. The molecule has 6 nitrogen and oxygen atoms in total. The van der Waals surface area contributed by atoms with Gasteiger partial charge in [0.2, 0.25) is 0 Å². The van der Waals surface area contributed by atoms with Crippen molar-refractivity contribution in [3.05, 3.63) is 49.6 Å². The smallest absolute Gasteiger partial charge is 0.258 e. The number of fused-ring (bicyclic) bond motifs is 1. The Balaban J connectivity index is 1.79. The van der Waals surface area contributed by atoms with Crippen LogP contribution in [-0.2, 0) is 13.5 Å². The van der Waals surface area contributed by atoms with Crippen molar-refractivity contribution >= 4 is 27.9 Å². The molecule has 1 aliphatic carbocycles. The van der Waals surface area contributed by atoms with Gasteiger partial charge in [-0.15, -0.1) is 11.3 Å². The van der Waals surface area contributed by atoms with Crippen LogP contribution in [0.2, 0.25) is 5.02 Å². The van der Waals surface area contributed by atoms with Crippen molar-refractivity contribution in [3.63, 3.8) is 0 Å². The van der Waals surface area contributed by atoms with E-state index in [1.807, 2.05) is 14.0 Å². The molecule has 0 aromatic carbocycles. The van der Waals surface area contributed by atoms with Crippen LogP contribution in [0.25, 0.3) is 4.96 Å². The maximum Gasteiger partial charge on any atom is 0.258 e. The first-order valence-corrected chi connectivity index (χ1v) is 8.77. The molecule has 2 unspecified atom stereocenters. The van der Waals surface area contributed by atoms with Crippen molar-refractivity contribution in [1.29, 1.82) is 5.26 Å². The van der Waals surface area contributed by atoms with E-state index in [9.17, 15) is 4.79 Å². The van der Waals surface area contributed by atoms with E-state index >= 15 is 0 Å². The SMILES string of the molecule is Cc1sc2nc(Cc3c(Cl)cnn3C)cc(=O)n2c1C1CC1C#N. The summed E-state index contributed by atoms with van der Waals surface area (Å²) < 4.78 is 3.36. The summed E-state index contributed by atoms with van der Waals surface area (Å²) in [7, 11) is 1.81. The van der Waals surface area contributed by atoms with E-state index in [0.717, 1.165) is 22.7 Å². The number of aryl methyl sites for hydroxylation is 2. The third-order valence-corrected chi connectivity index (χ3v) is 5.74. The maximum absolute atomic E-state index is 12.7. The number of nitriles is 1. The fourth-order valence-corrected chi connectivity index (χ4v) is 4.40.